The van der Waals surface area contributed by atoms with Crippen LogP contribution in [-0.4, -0.2) is 11.2 Å². The van der Waals surface area contributed by atoms with Crippen LogP contribution < -0.4 is 0 Å². The molecule has 2 nitrogen and oxygen atoms in total. The molecule has 0 radical (unpaired) electrons. The molecule has 0 spiro atoms. The molecular weight excluding hydrogens is 114 g/mol. The maximum atomic E-state index is 8.96. The van der Waals surface area contributed by atoms with E-state index in [4.69, 9.17) is 10.4 Å². The second-order valence-corrected chi connectivity index (χ2v) is 2.15. The molecule has 0 aromatic rings. The van der Waals surface area contributed by atoms with Crippen molar-refractivity contribution >= 4 is 0 Å². The molecule has 0 aromatic heterocycles. The van der Waals surface area contributed by atoms with Crippen LogP contribution in [0.1, 0.15) is 26.7 Å². The van der Waals surface area contributed by atoms with E-state index in [-0.39, 0.29) is 5.92 Å². The number of hydrogen-bond acceptors (Lipinski definition) is 2. The molecule has 0 saturated carbocycles. The van der Waals surface area contributed by atoms with E-state index in [1.807, 2.05) is 19.9 Å². The minimum Gasteiger partial charge on any atom is -0.378 e. The zero-order chi connectivity index (χ0) is 7.28. The monoisotopic (exact) mass is 127 g/mol. The summed E-state index contributed by atoms with van der Waals surface area (Å²) in [6.45, 7) is 3.96. The van der Waals surface area contributed by atoms with E-state index in [2.05, 4.69) is 0 Å². The zero-order valence-corrected chi connectivity index (χ0v) is 5.96. The molecule has 0 saturated heterocycles. The van der Waals surface area contributed by atoms with E-state index in [1.54, 1.807) is 0 Å². The van der Waals surface area contributed by atoms with Gasteiger partial charge >= 0.3 is 0 Å². The highest BCUT2D eigenvalue weighted by atomic mass is 16.3. The highest BCUT2D eigenvalue weighted by Crippen LogP contribution is 2.11. The molecule has 0 rings (SSSR count). The summed E-state index contributed by atoms with van der Waals surface area (Å²) in [7, 11) is 0. The van der Waals surface area contributed by atoms with Crippen LogP contribution in [0, 0.1) is 17.2 Å². The van der Waals surface area contributed by atoms with Crippen LogP contribution in [0.4, 0.5) is 0 Å². The molecule has 9 heavy (non-hydrogen) atoms. The van der Waals surface area contributed by atoms with Crippen molar-refractivity contribution in [2.24, 2.45) is 5.92 Å². The van der Waals surface area contributed by atoms with Crippen molar-refractivity contribution in [2.45, 2.75) is 32.8 Å². The van der Waals surface area contributed by atoms with Gasteiger partial charge in [-0.1, -0.05) is 13.8 Å². The first kappa shape index (κ1) is 8.45. The third-order valence-electron chi connectivity index (χ3n) is 1.63. The molecule has 0 aromatic carbocycles. The lowest BCUT2D eigenvalue weighted by atomic mass is 9.98. The Balaban J connectivity index is 3.67. The van der Waals surface area contributed by atoms with Crippen LogP contribution in [0.2, 0.25) is 0 Å². The summed E-state index contributed by atoms with van der Waals surface area (Å²) in [6, 6.07) is 1.82. The van der Waals surface area contributed by atoms with Crippen molar-refractivity contribution in [3.05, 3.63) is 0 Å². The van der Waals surface area contributed by atoms with E-state index in [9.17, 15) is 0 Å². The average Bonchev–Trinajstić information content (AvgIpc) is 1.90. The number of nitriles is 1. The Bertz CT molecular complexity index is 102. The minimum absolute atomic E-state index is 0.162. The van der Waals surface area contributed by atoms with E-state index < -0.39 is 6.10 Å². The van der Waals surface area contributed by atoms with Gasteiger partial charge in [0.25, 0.3) is 0 Å². The molecule has 0 aliphatic heterocycles. The molecule has 1 unspecified atom stereocenters. The van der Waals surface area contributed by atoms with Gasteiger partial charge in [0.05, 0.1) is 6.07 Å². The molecule has 0 aliphatic rings. The van der Waals surface area contributed by atoms with E-state index in [0.717, 1.165) is 12.8 Å². The smallest absolute Gasteiger partial charge is 0.143 e. The largest absolute Gasteiger partial charge is 0.378 e. The number of hydrogen-bond donors (Lipinski definition) is 1. The lowest BCUT2D eigenvalue weighted by molar-refractivity contribution is 0.153. The second-order valence-electron chi connectivity index (χ2n) is 2.15. The Labute approximate surface area is 56.1 Å². The van der Waals surface area contributed by atoms with Crippen LogP contribution in [0.3, 0.4) is 0 Å². The summed E-state index contributed by atoms with van der Waals surface area (Å²) in [6.07, 6.45) is 0.996. The first-order valence-electron chi connectivity index (χ1n) is 3.33. The Morgan fingerprint density at radius 1 is 1.44 bits per heavy atom. The van der Waals surface area contributed by atoms with Gasteiger partial charge in [0.2, 0.25) is 0 Å². The van der Waals surface area contributed by atoms with E-state index in [1.165, 1.54) is 0 Å². The molecule has 0 aliphatic carbocycles. The fraction of sp³-hybridized carbons (Fsp3) is 0.857. The number of aliphatic hydroxyl groups excluding tert-OH is 1. The third kappa shape index (κ3) is 2.48. The first-order valence-corrected chi connectivity index (χ1v) is 3.33. The van der Waals surface area contributed by atoms with Crippen molar-refractivity contribution in [2.75, 3.05) is 0 Å². The lowest BCUT2D eigenvalue weighted by Gasteiger charge is -2.11. The molecular formula is C7H13NO. The molecule has 52 valence electrons. The summed E-state index contributed by atoms with van der Waals surface area (Å²) in [5.41, 5.74) is 0. The summed E-state index contributed by atoms with van der Waals surface area (Å²) in [5, 5.41) is 17.2. The summed E-state index contributed by atoms with van der Waals surface area (Å²) in [5.74, 6) is 0.162. The van der Waals surface area contributed by atoms with Gasteiger partial charge in [-0.2, -0.15) is 5.26 Å². The summed E-state index contributed by atoms with van der Waals surface area (Å²) in [4.78, 5) is 0. The van der Waals surface area contributed by atoms with E-state index in [0.29, 0.717) is 0 Å². The summed E-state index contributed by atoms with van der Waals surface area (Å²) < 4.78 is 0. The van der Waals surface area contributed by atoms with Crippen molar-refractivity contribution in [3.8, 4) is 6.07 Å². The molecule has 1 atom stereocenters. The Morgan fingerprint density at radius 2 is 1.89 bits per heavy atom. The normalized spacial score (nSPS) is 13.2. The molecule has 2 heteroatoms. The van der Waals surface area contributed by atoms with Gasteiger partial charge in [0, 0.05) is 0 Å². The highest BCUT2D eigenvalue weighted by Gasteiger charge is 2.12. The van der Waals surface area contributed by atoms with Crippen LogP contribution in [0.5, 0.6) is 0 Å². The van der Waals surface area contributed by atoms with Crippen molar-refractivity contribution in [3.63, 3.8) is 0 Å². The quantitative estimate of drug-likeness (QED) is 0.581. The molecule has 1 N–H and O–H groups in total. The van der Waals surface area contributed by atoms with Gasteiger partial charge < -0.3 is 5.11 Å². The maximum absolute atomic E-state index is 8.96. The molecule has 0 heterocycles. The van der Waals surface area contributed by atoms with Gasteiger partial charge in [0.15, 0.2) is 0 Å². The molecule has 0 amide bonds. The first-order chi connectivity index (χ1) is 4.26. The van der Waals surface area contributed by atoms with Crippen LogP contribution >= 0.6 is 0 Å². The topological polar surface area (TPSA) is 44.0 Å². The van der Waals surface area contributed by atoms with Gasteiger partial charge in [0.1, 0.15) is 6.10 Å². The van der Waals surface area contributed by atoms with Gasteiger partial charge in [-0.05, 0) is 18.8 Å². The van der Waals surface area contributed by atoms with Gasteiger partial charge in [-0.3, -0.25) is 0 Å². The number of rotatable bonds is 3. The maximum Gasteiger partial charge on any atom is 0.143 e. The van der Waals surface area contributed by atoms with Crippen LogP contribution in [0.15, 0.2) is 0 Å². The third-order valence-corrected chi connectivity index (χ3v) is 1.63. The second kappa shape index (κ2) is 4.34. The Morgan fingerprint density at radius 3 is 2.00 bits per heavy atom. The van der Waals surface area contributed by atoms with Crippen molar-refractivity contribution < 1.29 is 5.11 Å². The molecule has 0 fully saturated rings. The lowest BCUT2D eigenvalue weighted by Crippen LogP contribution is -2.16. The zero-order valence-electron chi connectivity index (χ0n) is 5.96. The SMILES string of the molecule is CCC(CC)C(O)C#N. The predicted octanol–water partition coefficient (Wildman–Crippen LogP) is 1.31. The number of nitrogens with zero attached hydrogens (tertiary/aromatic N) is 1. The Kier molecular flexibility index (Phi) is 4.08. The summed E-state index contributed by atoms with van der Waals surface area (Å²) >= 11 is 0. The molecule has 0 bridgehead atoms. The fourth-order valence-corrected chi connectivity index (χ4v) is 0.841. The van der Waals surface area contributed by atoms with Crippen LogP contribution in [0.25, 0.3) is 0 Å². The Hall–Kier alpha value is -0.550. The van der Waals surface area contributed by atoms with Gasteiger partial charge in [-0.25, -0.2) is 0 Å². The van der Waals surface area contributed by atoms with Crippen molar-refractivity contribution in [1.29, 1.82) is 5.26 Å². The van der Waals surface area contributed by atoms with E-state index >= 15 is 0 Å². The minimum atomic E-state index is -0.764. The average molecular weight is 127 g/mol. The predicted molar refractivity (Wildman–Crippen MR) is 35.7 cm³/mol. The van der Waals surface area contributed by atoms with Gasteiger partial charge in [-0.15, -0.1) is 0 Å². The fourth-order valence-electron chi connectivity index (χ4n) is 0.841. The van der Waals surface area contributed by atoms with Crippen LogP contribution in [-0.2, 0) is 0 Å². The number of aliphatic hydroxyl groups is 1. The standard InChI is InChI=1S/C7H13NO/c1-3-6(4-2)7(9)5-8/h6-7,9H,3-4H2,1-2H3. The van der Waals surface area contributed by atoms with Crippen molar-refractivity contribution in [1.82, 2.24) is 0 Å². The highest BCUT2D eigenvalue weighted by molar-refractivity contribution is 4.86.